The van der Waals surface area contributed by atoms with Crippen LogP contribution < -0.4 is 25.2 Å². The van der Waals surface area contributed by atoms with Gasteiger partial charge in [0.25, 0.3) is 5.56 Å². The summed E-state index contributed by atoms with van der Waals surface area (Å²) in [6, 6.07) is 4.61. The Balaban J connectivity index is 1.66. The van der Waals surface area contributed by atoms with E-state index in [2.05, 4.69) is 20.0 Å². The third kappa shape index (κ3) is 6.20. The molecule has 2 heterocycles. The molecule has 0 bridgehead atoms. The summed E-state index contributed by atoms with van der Waals surface area (Å²) in [6.07, 6.45) is 1.30. The topological polar surface area (TPSA) is 143 Å². The summed E-state index contributed by atoms with van der Waals surface area (Å²) < 4.78 is 35.9. The number of morpholine rings is 1. The maximum absolute atomic E-state index is 12.6. The van der Waals surface area contributed by atoms with E-state index >= 15 is 0 Å². The number of aryl methyl sites for hydroxylation is 1. The third-order valence-corrected chi connectivity index (χ3v) is 5.49. The van der Waals surface area contributed by atoms with Crippen LogP contribution >= 0.6 is 0 Å². The average molecular weight is 466 g/mol. The van der Waals surface area contributed by atoms with E-state index in [1.807, 2.05) is 4.90 Å². The lowest BCUT2D eigenvalue weighted by atomic mass is 10.1. The number of benzene rings is 1. The summed E-state index contributed by atoms with van der Waals surface area (Å²) in [7, 11) is -2.10. The molecule has 1 saturated heterocycles. The molecule has 3 N–H and O–H groups in total. The van der Waals surface area contributed by atoms with Crippen LogP contribution in [0.4, 0.5) is 17.3 Å². The lowest BCUT2D eigenvalue weighted by molar-refractivity contribution is -0.116. The number of nitrogens with zero attached hydrogens (tertiary/aromatic N) is 2. The molecule has 0 atom stereocenters. The van der Waals surface area contributed by atoms with Gasteiger partial charge in [-0.05, 0) is 31.5 Å². The predicted molar refractivity (Wildman–Crippen MR) is 121 cm³/mol. The maximum Gasteiger partial charge on any atom is 0.255 e. The second-order valence-electron chi connectivity index (χ2n) is 7.39. The predicted octanol–water partition coefficient (Wildman–Crippen LogP) is 0.866. The first-order chi connectivity index (χ1) is 15.2. The van der Waals surface area contributed by atoms with E-state index in [-0.39, 0.29) is 30.0 Å². The number of aromatic amines is 1. The zero-order chi connectivity index (χ0) is 23.3. The molecule has 0 radical (unpaired) electrons. The van der Waals surface area contributed by atoms with Crippen LogP contribution in [0.25, 0.3) is 0 Å². The highest BCUT2D eigenvalue weighted by molar-refractivity contribution is 7.92. The molecule has 2 aromatic rings. The van der Waals surface area contributed by atoms with Gasteiger partial charge in [-0.15, -0.1) is 0 Å². The molecular formula is C20H27N5O6S. The standard InChI is InChI=1S/C20H27N5O6S/c1-13-15(19(27)23-20(21-13)25-8-10-31-11-9-25)5-7-18(26)22-14-4-6-17(30-2)16(12-14)24-32(3,28)29/h4,6,12,24H,5,7-11H2,1-3H3,(H,22,26)(H,21,23,27). The van der Waals surface area contributed by atoms with Gasteiger partial charge in [0.2, 0.25) is 21.9 Å². The Morgan fingerprint density at radius 3 is 2.66 bits per heavy atom. The van der Waals surface area contributed by atoms with Crippen molar-refractivity contribution in [1.82, 2.24) is 9.97 Å². The van der Waals surface area contributed by atoms with Gasteiger partial charge in [0.1, 0.15) is 5.75 Å². The van der Waals surface area contributed by atoms with Crippen molar-refractivity contribution >= 4 is 33.3 Å². The molecule has 174 valence electrons. The van der Waals surface area contributed by atoms with E-state index in [1.165, 1.54) is 13.2 Å². The van der Waals surface area contributed by atoms with Gasteiger partial charge >= 0.3 is 0 Å². The van der Waals surface area contributed by atoms with Gasteiger partial charge in [-0.25, -0.2) is 13.4 Å². The van der Waals surface area contributed by atoms with Gasteiger partial charge in [0.15, 0.2) is 0 Å². The van der Waals surface area contributed by atoms with E-state index < -0.39 is 10.0 Å². The first kappa shape index (κ1) is 23.5. The molecule has 11 nitrogen and oxygen atoms in total. The fourth-order valence-electron chi connectivity index (χ4n) is 3.34. The number of ether oxygens (including phenoxy) is 2. The smallest absolute Gasteiger partial charge is 0.255 e. The number of aromatic nitrogens is 2. The van der Waals surface area contributed by atoms with Crippen molar-refractivity contribution in [1.29, 1.82) is 0 Å². The molecular weight excluding hydrogens is 438 g/mol. The van der Waals surface area contributed by atoms with Gasteiger partial charge in [-0.3, -0.25) is 19.3 Å². The molecule has 32 heavy (non-hydrogen) atoms. The van der Waals surface area contributed by atoms with E-state index in [0.717, 1.165) is 6.26 Å². The molecule has 3 rings (SSSR count). The molecule has 1 aliphatic heterocycles. The third-order valence-electron chi connectivity index (χ3n) is 4.90. The zero-order valence-electron chi connectivity index (χ0n) is 18.2. The SMILES string of the molecule is COc1ccc(NC(=O)CCc2c(C)nc(N3CCOCC3)[nH]c2=O)cc1NS(C)(=O)=O. The molecule has 1 aliphatic rings. The van der Waals surface area contributed by atoms with E-state index in [0.29, 0.717) is 54.9 Å². The van der Waals surface area contributed by atoms with Crippen LogP contribution in [0.5, 0.6) is 5.75 Å². The molecule has 0 aliphatic carbocycles. The van der Waals surface area contributed by atoms with Crippen molar-refractivity contribution in [3.63, 3.8) is 0 Å². The summed E-state index contributed by atoms with van der Waals surface area (Å²) in [5.41, 5.74) is 1.37. The van der Waals surface area contributed by atoms with Crippen molar-refractivity contribution in [2.45, 2.75) is 19.8 Å². The highest BCUT2D eigenvalue weighted by Gasteiger charge is 2.17. The summed E-state index contributed by atoms with van der Waals surface area (Å²) in [6.45, 7) is 4.22. The molecule has 0 spiro atoms. The fourth-order valence-corrected chi connectivity index (χ4v) is 3.90. The number of carbonyl (C=O) groups is 1. The number of hydrogen-bond acceptors (Lipinski definition) is 8. The molecule has 1 aromatic heterocycles. The fraction of sp³-hybridized carbons (Fsp3) is 0.450. The first-order valence-corrected chi connectivity index (χ1v) is 11.9. The van der Waals surface area contributed by atoms with Crippen LogP contribution in [0.1, 0.15) is 17.7 Å². The Morgan fingerprint density at radius 2 is 2.03 bits per heavy atom. The molecule has 1 amide bonds. The van der Waals surface area contributed by atoms with Crippen molar-refractivity contribution in [2.24, 2.45) is 0 Å². The molecule has 12 heteroatoms. The van der Waals surface area contributed by atoms with Crippen LogP contribution in [-0.2, 0) is 26.0 Å². The highest BCUT2D eigenvalue weighted by Crippen LogP contribution is 2.28. The number of rotatable bonds is 8. The Bertz CT molecular complexity index is 1140. The number of anilines is 3. The normalized spacial score (nSPS) is 14.2. The van der Waals surface area contributed by atoms with Gasteiger partial charge in [-0.2, -0.15) is 0 Å². The lowest BCUT2D eigenvalue weighted by Crippen LogP contribution is -2.38. The lowest BCUT2D eigenvalue weighted by Gasteiger charge is -2.27. The van der Waals surface area contributed by atoms with Crippen molar-refractivity contribution in [2.75, 3.05) is 54.6 Å². The number of sulfonamides is 1. The number of carbonyl (C=O) groups excluding carboxylic acids is 1. The van der Waals surface area contributed by atoms with E-state index in [1.54, 1.807) is 19.1 Å². The number of nitrogens with one attached hydrogen (secondary N) is 3. The molecule has 1 aromatic carbocycles. The van der Waals surface area contributed by atoms with E-state index in [9.17, 15) is 18.0 Å². The van der Waals surface area contributed by atoms with E-state index in [4.69, 9.17) is 9.47 Å². The van der Waals surface area contributed by atoms with Crippen LogP contribution in [0.3, 0.4) is 0 Å². The Morgan fingerprint density at radius 1 is 1.31 bits per heavy atom. The minimum absolute atomic E-state index is 0.0589. The van der Waals surface area contributed by atoms with Crippen LogP contribution in [-0.4, -0.2) is 64.0 Å². The Labute approximate surface area is 186 Å². The number of methoxy groups -OCH3 is 1. The minimum atomic E-state index is -3.52. The number of H-pyrrole nitrogens is 1. The summed E-state index contributed by atoms with van der Waals surface area (Å²) in [4.78, 5) is 34.2. The summed E-state index contributed by atoms with van der Waals surface area (Å²) >= 11 is 0. The van der Waals surface area contributed by atoms with Crippen molar-refractivity contribution in [3.05, 3.63) is 39.8 Å². The summed E-state index contributed by atoms with van der Waals surface area (Å²) in [5, 5.41) is 2.71. The molecule has 1 fully saturated rings. The largest absolute Gasteiger partial charge is 0.495 e. The second kappa shape index (κ2) is 10.0. The first-order valence-electron chi connectivity index (χ1n) is 10.0. The van der Waals surface area contributed by atoms with Gasteiger partial charge in [0, 0.05) is 36.5 Å². The molecule has 0 unspecified atom stereocenters. The van der Waals surface area contributed by atoms with Gasteiger partial charge in [-0.1, -0.05) is 0 Å². The Hall–Kier alpha value is -3.12. The van der Waals surface area contributed by atoms with Crippen molar-refractivity contribution < 1.29 is 22.7 Å². The number of amides is 1. The second-order valence-corrected chi connectivity index (χ2v) is 9.14. The highest BCUT2D eigenvalue weighted by atomic mass is 32.2. The maximum atomic E-state index is 12.6. The van der Waals surface area contributed by atoms with Crippen LogP contribution in [0.2, 0.25) is 0 Å². The van der Waals surface area contributed by atoms with Gasteiger partial charge < -0.3 is 19.7 Å². The number of hydrogen-bond donors (Lipinski definition) is 3. The van der Waals surface area contributed by atoms with Crippen LogP contribution in [0, 0.1) is 6.92 Å². The molecule has 0 saturated carbocycles. The quantitative estimate of drug-likeness (QED) is 0.521. The van der Waals surface area contributed by atoms with Crippen LogP contribution in [0.15, 0.2) is 23.0 Å². The van der Waals surface area contributed by atoms with Gasteiger partial charge in [0.05, 0.1) is 32.3 Å². The zero-order valence-corrected chi connectivity index (χ0v) is 19.0. The average Bonchev–Trinajstić information content (AvgIpc) is 2.72. The Kier molecular flexibility index (Phi) is 7.36. The minimum Gasteiger partial charge on any atom is -0.495 e. The van der Waals surface area contributed by atoms with Crippen molar-refractivity contribution in [3.8, 4) is 5.75 Å². The summed E-state index contributed by atoms with van der Waals surface area (Å²) in [5.74, 6) is 0.506. The monoisotopic (exact) mass is 465 g/mol.